The van der Waals surface area contributed by atoms with E-state index in [0.29, 0.717) is 42.2 Å². The SMILES string of the molecule is NCC1CCN(C(=O)c2ccccc2C(=O)c2ccc(F)cc2)CC1. The molecule has 0 aromatic heterocycles. The Bertz CT molecular complexity index is 766. The van der Waals surface area contributed by atoms with Crippen molar-refractivity contribution in [3.8, 4) is 0 Å². The van der Waals surface area contributed by atoms with Crippen LogP contribution in [0.15, 0.2) is 48.5 Å². The molecule has 0 radical (unpaired) electrons. The Morgan fingerprint density at radius 1 is 1.00 bits per heavy atom. The highest BCUT2D eigenvalue weighted by molar-refractivity contribution is 6.15. The second kappa shape index (κ2) is 7.57. The quantitative estimate of drug-likeness (QED) is 0.871. The van der Waals surface area contributed by atoms with E-state index in [4.69, 9.17) is 5.73 Å². The maximum Gasteiger partial charge on any atom is 0.254 e. The highest BCUT2D eigenvalue weighted by Crippen LogP contribution is 2.21. The zero-order valence-electron chi connectivity index (χ0n) is 14.0. The van der Waals surface area contributed by atoms with Crippen molar-refractivity contribution in [2.75, 3.05) is 19.6 Å². The van der Waals surface area contributed by atoms with Crippen LogP contribution < -0.4 is 5.73 Å². The monoisotopic (exact) mass is 340 g/mol. The van der Waals surface area contributed by atoms with Crippen LogP contribution in [-0.4, -0.2) is 36.2 Å². The van der Waals surface area contributed by atoms with Gasteiger partial charge in [0.05, 0.1) is 5.56 Å². The normalized spacial score (nSPS) is 15.2. The fourth-order valence-corrected chi connectivity index (χ4v) is 3.17. The third-order valence-electron chi connectivity index (χ3n) is 4.74. The third kappa shape index (κ3) is 3.77. The van der Waals surface area contributed by atoms with Gasteiger partial charge in [-0.25, -0.2) is 4.39 Å². The van der Waals surface area contributed by atoms with Gasteiger partial charge in [-0.3, -0.25) is 9.59 Å². The van der Waals surface area contributed by atoms with Gasteiger partial charge >= 0.3 is 0 Å². The minimum Gasteiger partial charge on any atom is -0.339 e. The highest BCUT2D eigenvalue weighted by Gasteiger charge is 2.26. The molecule has 4 nitrogen and oxygen atoms in total. The van der Waals surface area contributed by atoms with Crippen molar-refractivity contribution >= 4 is 11.7 Å². The Balaban J connectivity index is 1.84. The summed E-state index contributed by atoms with van der Waals surface area (Å²) in [7, 11) is 0. The molecule has 1 amide bonds. The van der Waals surface area contributed by atoms with E-state index in [1.165, 1.54) is 24.3 Å². The van der Waals surface area contributed by atoms with E-state index in [2.05, 4.69) is 0 Å². The molecule has 3 rings (SSSR count). The number of hydrogen-bond donors (Lipinski definition) is 1. The summed E-state index contributed by atoms with van der Waals surface area (Å²) in [6.07, 6.45) is 1.77. The molecule has 0 atom stereocenters. The number of rotatable bonds is 4. The van der Waals surface area contributed by atoms with E-state index in [1.54, 1.807) is 29.2 Å². The Morgan fingerprint density at radius 2 is 1.60 bits per heavy atom. The number of ketones is 1. The maximum absolute atomic E-state index is 13.1. The van der Waals surface area contributed by atoms with Gasteiger partial charge in [-0.1, -0.05) is 18.2 Å². The molecule has 0 aliphatic carbocycles. The number of nitrogens with two attached hydrogens (primary N) is 1. The van der Waals surface area contributed by atoms with Crippen molar-refractivity contribution in [3.05, 3.63) is 71.0 Å². The van der Waals surface area contributed by atoms with Crippen molar-refractivity contribution < 1.29 is 14.0 Å². The molecular weight excluding hydrogens is 319 g/mol. The minimum absolute atomic E-state index is 0.137. The Hall–Kier alpha value is -2.53. The van der Waals surface area contributed by atoms with E-state index in [1.807, 2.05) is 0 Å². The number of hydrogen-bond acceptors (Lipinski definition) is 3. The second-order valence-corrected chi connectivity index (χ2v) is 6.35. The van der Waals surface area contributed by atoms with Crippen molar-refractivity contribution in [2.45, 2.75) is 12.8 Å². The van der Waals surface area contributed by atoms with Gasteiger partial charge in [0.15, 0.2) is 5.78 Å². The average molecular weight is 340 g/mol. The van der Waals surface area contributed by atoms with Crippen LogP contribution in [0.3, 0.4) is 0 Å². The molecule has 5 heteroatoms. The number of carbonyl (C=O) groups excluding carboxylic acids is 2. The first-order valence-electron chi connectivity index (χ1n) is 8.49. The van der Waals surface area contributed by atoms with Gasteiger partial charge in [-0.15, -0.1) is 0 Å². The number of halogens is 1. The molecule has 0 unspecified atom stereocenters. The molecule has 1 fully saturated rings. The van der Waals surface area contributed by atoms with E-state index >= 15 is 0 Å². The van der Waals surface area contributed by atoms with Crippen LogP contribution in [-0.2, 0) is 0 Å². The van der Waals surface area contributed by atoms with E-state index in [-0.39, 0.29) is 11.7 Å². The molecule has 2 aromatic rings. The van der Waals surface area contributed by atoms with Crippen molar-refractivity contribution in [3.63, 3.8) is 0 Å². The lowest BCUT2D eigenvalue weighted by atomic mass is 9.94. The molecule has 2 aromatic carbocycles. The average Bonchev–Trinajstić information content (AvgIpc) is 2.67. The van der Waals surface area contributed by atoms with Crippen LogP contribution in [0.5, 0.6) is 0 Å². The third-order valence-corrected chi connectivity index (χ3v) is 4.74. The van der Waals surface area contributed by atoms with Gasteiger partial charge in [0.25, 0.3) is 5.91 Å². The van der Waals surface area contributed by atoms with Crippen molar-refractivity contribution in [1.82, 2.24) is 4.90 Å². The van der Waals surface area contributed by atoms with E-state index < -0.39 is 5.82 Å². The number of likely N-dealkylation sites (tertiary alicyclic amines) is 1. The lowest BCUT2D eigenvalue weighted by Crippen LogP contribution is -2.40. The summed E-state index contributed by atoms with van der Waals surface area (Å²) in [5.41, 5.74) is 6.80. The molecule has 0 spiro atoms. The Labute approximate surface area is 146 Å². The van der Waals surface area contributed by atoms with Crippen LogP contribution in [0.4, 0.5) is 4.39 Å². The van der Waals surface area contributed by atoms with E-state index in [9.17, 15) is 14.0 Å². The summed E-state index contributed by atoms with van der Waals surface area (Å²) in [4.78, 5) is 27.4. The van der Waals surface area contributed by atoms with Gasteiger partial charge in [0.2, 0.25) is 0 Å². The smallest absolute Gasteiger partial charge is 0.254 e. The van der Waals surface area contributed by atoms with Crippen LogP contribution in [0.25, 0.3) is 0 Å². The fraction of sp³-hybridized carbons (Fsp3) is 0.300. The molecule has 25 heavy (non-hydrogen) atoms. The molecule has 1 aliphatic rings. The number of carbonyl (C=O) groups is 2. The molecule has 2 N–H and O–H groups in total. The summed E-state index contributed by atoms with van der Waals surface area (Å²) < 4.78 is 13.1. The summed E-state index contributed by atoms with van der Waals surface area (Å²) in [6, 6.07) is 12.2. The van der Waals surface area contributed by atoms with E-state index in [0.717, 1.165) is 12.8 Å². The van der Waals surface area contributed by atoms with Gasteiger partial charge in [0, 0.05) is 24.2 Å². The lowest BCUT2D eigenvalue weighted by molar-refractivity contribution is 0.0690. The summed E-state index contributed by atoms with van der Waals surface area (Å²) >= 11 is 0. The first kappa shape index (κ1) is 17.3. The first-order chi connectivity index (χ1) is 12.1. The predicted octanol–water partition coefficient (Wildman–Crippen LogP) is 2.87. The van der Waals surface area contributed by atoms with Gasteiger partial charge in [-0.2, -0.15) is 0 Å². The number of nitrogens with zero attached hydrogens (tertiary/aromatic N) is 1. The lowest BCUT2D eigenvalue weighted by Gasteiger charge is -2.31. The maximum atomic E-state index is 13.1. The molecule has 0 bridgehead atoms. The minimum atomic E-state index is -0.399. The molecule has 0 saturated carbocycles. The van der Waals surface area contributed by atoms with Crippen LogP contribution in [0, 0.1) is 11.7 Å². The van der Waals surface area contributed by atoms with Gasteiger partial charge in [-0.05, 0) is 55.6 Å². The summed E-state index contributed by atoms with van der Waals surface area (Å²) in [6.45, 7) is 1.95. The highest BCUT2D eigenvalue weighted by atomic mass is 19.1. The molecule has 1 saturated heterocycles. The molecule has 130 valence electrons. The van der Waals surface area contributed by atoms with Gasteiger partial charge < -0.3 is 10.6 Å². The fourth-order valence-electron chi connectivity index (χ4n) is 3.17. The van der Waals surface area contributed by atoms with Crippen LogP contribution in [0.2, 0.25) is 0 Å². The second-order valence-electron chi connectivity index (χ2n) is 6.35. The Kier molecular flexibility index (Phi) is 5.24. The molecule has 1 aliphatic heterocycles. The van der Waals surface area contributed by atoms with Crippen LogP contribution >= 0.6 is 0 Å². The summed E-state index contributed by atoms with van der Waals surface area (Å²) in [5, 5.41) is 0. The first-order valence-corrected chi connectivity index (χ1v) is 8.49. The Morgan fingerprint density at radius 3 is 2.20 bits per heavy atom. The van der Waals surface area contributed by atoms with Crippen LogP contribution in [0.1, 0.15) is 39.1 Å². The largest absolute Gasteiger partial charge is 0.339 e. The molecular formula is C20H21FN2O2. The standard InChI is InChI=1S/C20H21FN2O2/c21-16-7-5-15(6-8-16)19(24)17-3-1-2-4-18(17)20(25)23-11-9-14(13-22)10-12-23/h1-8,14H,9-13,22H2. The van der Waals surface area contributed by atoms with Gasteiger partial charge in [0.1, 0.15) is 5.82 Å². The number of benzene rings is 2. The zero-order chi connectivity index (χ0) is 17.8. The predicted molar refractivity (Wildman–Crippen MR) is 94.0 cm³/mol. The summed E-state index contributed by atoms with van der Waals surface area (Å²) in [5.74, 6) is -0.355. The van der Waals surface area contributed by atoms with Crippen molar-refractivity contribution in [2.24, 2.45) is 11.7 Å². The number of piperidine rings is 1. The number of amides is 1. The van der Waals surface area contributed by atoms with Crippen molar-refractivity contribution in [1.29, 1.82) is 0 Å². The zero-order valence-corrected chi connectivity index (χ0v) is 14.0. The molecule has 1 heterocycles. The topological polar surface area (TPSA) is 63.4 Å².